The van der Waals surface area contributed by atoms with Crippen LogP contribution in [0.25, 0.3) is 0 Å². The van der Waals surface area contributed by atoms with Crippen LogP contribution in [0.4, 0.5) is 0 Å². The second-order valence-corrected chi connectivity index (χ2v) is 4.78. The van der Waals surface area contributed by atoms with Crippen molar-refractivity contribution in [3.05, 3.63) is 0 Å². The van der Waals surface area contributed by atoms with Gasteiger partial charge in [-0.25, -0.2) is 0 Å². The summed E-state index contributed by atoms with van der Waals surface area (Å²) in [5, 5.41) is 0. The molecule has 4 heteroatoms. The zero-order chi connectivity index (χ0) is 12.6. The summed E-state index contributed by atoms with van der Waals surface area (Å²) in [6.45, 7) is 6.84. The number of unbranched alkanes of at least 4 members (excludes halogenated alkanes) is 2. The zero-order valence-electron chi connectivity index (χ0n) is 12.5. The van der Waals surface area contributed by atoms with Gasteiger partial charge in [-0.1, -0.05) is 26.7 Å². The molecule has 0 aliphatic rings. The van der Waals surface area contributed by atoms with E-state index in [0.717, 1.165) is 0 Å². The van der Waals surface area contributed by atoms with Crippen molar-refractivity contribution in [2.45, 2.75) is 39.5 Å². The third-order valence-corrected chi connectivity index (χ3v) is 2.65. The van der Waals surface area contributed by atoms with E-state index in [1.165, 1.54) is 44.7 Å². The summed E-state index contributed by atoms with van der Waals surface area (Å²) in [5.41, 5.74) is 0. The van der Waals surface area contributed by atoms with Crippen molar-refractivity contribution in [3.63, 3.8) is 0 Å². The highest BCUT2D eigenvalue weighted by Gasteiger charge is 2.20. The number of rotatable bonds is 6. The lowest BCUT2D eigenvalue weighted by Gasteiger charge is -2.24. The first-order chi connectivity index (χ1) is 7.54. The van der Waals surface area contributed by atoms with Crippen molar-refractivity contribution in [2.75, 3.05) is 41.3 Å². The lowest BCUT2D eigenvalue weighted by Crippen LogP contribution is -3.00. The zero-order valence-corrected chi connectivity index (χ0v) is 13.2. The second-order valence-electron chi connectivity index (χ2n) is 4.78. The van der Waals surface area contributed by atoms with Gasteiger partial charge in [-0.2, -0.15) is 0 Å². The molecule has 0 spiro atoms. The SMILES string of the molecule is CCCCN(CCCC)C(N(C)C)=[N+](C)C.[Cl-]. The fourth-order valence-electron chi connectivity index (χ4n) is 1.98. The Hall–Kier alpha value is -0.440. The van der Waals surface area contributed by atoms with Gasteiger partial charge in [0.1, 0.15) is 0 Å². The molecule has 3 nitrogen and oxygen atoms in total. The predicted octanol–water partition coefficient (Wildman–Crippen LogP) is -0.918. The minimum absolute atomic E-state index is 0. The van der Waals surface area contributed by atoms with Gasteiger partial charge in [0.05, 0.1) is 41.3 Å². The molecule has 0 unspecified atom stereocenters. The van der Waals surface area contributed by atoms with Gasteiger partial charge in [0, 0.05) is 0 Å². The third kappa shape index (κ3) is 7.48. The molecule has 0 radical (unpaired) electrons. The monoisotopic (exact) mass is 263 g/mol. The Balaban J connectivity index is 0. The molecule has 0 amide bonds. The average molecular weight is 264 g/mol. The van der Waals surface area contributed by atoms with E-state index in [1.807, 2.05) is 0 Å². The first kappa shape index (κ1) is 18.9. The maximum Gasteiger partial charge on any atom is 0.349 e. The fourth-order valence-corrected chi connectivity index (χ4v) is 1.98. The molecule has 0 bridgehead atoms. The Morgan fingerprint density at radius 3 is 1.59 bits per heavy atom. The van der Waals surface area contributed by atoms with Crippen LogP contribution in [0.2, 0.25) is 0 Å². The topological polar surface area (TPSA) is 9.49 Å². The minimum atomic E-state index is 0. The Labute approximate surface area is 114 Å². The van der Waals surface area contributed by atoms with Gasteiger partial charge in [0.2, 0.25) is 0 Å². The van der Waals surface area contributed by atoms with E-state index in [9.17, 15) is 0 Å². The fraction of sp³-hybridized carbons (Fsp3) is 0.923. The Bertz CT molecular complexity index is 203. The van der Waals surface area contributed by atoms with Gasteiger partial charge < -0.3 is 12.4 Å². The van der Waals surface area contributed by atoms with E-state index in [1.54, 1.807) is 0 Å². The quantitative estimate of drug-likeness (QED) is 0.349. The van der Waals surface area contributed by atoms with Gasteiger partial charge in [-0.3, -0.25) is 14.4 Å². The molecule has 0 fully saturated rings. The third-order valence-electron chi connectivity index (χ3n) is 2.65. The van der Waals surface area contributed by atoms with E-state index in [-0.39, 0.29) is 12.4 Å². The minimum Gasteiger partial charge on any atom is -1.00 e. The molecule has 0 aromatic carbocycles. The van der Waals surface area contributed by atoms with Crippen LogP contribution >= 0.6 is 0 Å². The lowest BCUT2D eigenvalue weighted by atomic mass is 10.2. The molecule has 0 saturated heterocycles. The Kier molecular flexibility index (Phi) is 11.9. The second kappa shape index (κ2) is 10.7. The summed E-state index contributed by atoms with van der Waals surface area (Å²) in [6.07, 6.45) is 5.07. The summed E-state index contributed by atoms with van der Waals surface area (Å²) in [6, 6.07) is 0. The number of hydrogen-bond donors (Lipinski definition) is 0. The molecule has 0 saturated carbocycles. The number of hydrogen-bond acceptors (Lipinski definition) is 0. The average Bonchev–Trinajstić information content (AvgIpc) is 2.20. The molecule has 0 heterocycles. The van der Waals surface area contributed by atoms with E-state index in [2.05, 4.69) is 56.4 Å². The maximum absolute atomic E-state index is 2.51. The first-order valence-electron chi connectivity index (χ1n) is 6.51. The largest absolute Gasteiger partial charge is 1.00 e. The summed E-state index contributed by atoms with van der Waals surface area (Å²) in [7, 11) is 8.50. The number of guanidine groups is 1. The summed E-state index contributed by atoms with van der Waals surface area (Å²) in [4.78, 5) is 4.72. The standard InChI is InChI=1S/C13H30N3.ClH/c1-7-9-11-16(12-10-8-2)13(14(3)4)15(5)6;/h7-12H2,1-6H3;1H/q+1;/p-1. The maximum atomic E-state index is 2.51. The molecule has 0 aliphatic heterocycles. The highest BCUT2D eigenvalue weighted by Crippen LogP contribution is 2.02. The molecule has 0 aromatic rings. The van der Waals surface area contributed by atoms with Crippen molar-refractivity contribution >= 4 is 5.96 Å². The molecule has 0 rings (SSSR count). The van der Waals surface area contributed by atoms with E-state index in [0.29, 0.717) is 0 Å². The van der Waals surface area contributed by atoms with E-state index in [4.69, 9.17) is 0 Å². The molecule has 17 heavy (non-hydrogen) atoms. The highest BCUT2D eigenvalue weighted by molar-refractivity contribution is 5.74. The van der Waals surface area contributed by atoms with Crippen LogP contribution in [0.5, 0.6) is 0 Å². The normalized spacial score (nSPS) is 9.53. The summed E-state index contributed by atoms with van der Waals surface area (Å²) >= 11 is 0. The van der Waals surface area contributed by atoms with Gasteiger partial charge in [-0.05, 0) is 12.8 Å². The van der Waals surface area contributed by atoms with Crippen molar-refractivity contribution in [1.82, 2.24) is 9.80 Å². The van der Waals surface area contributed by atoms with Gasteiger partial charge >= 0.3 is 5.96 Å². The Morgan fingerprint density at radius 2 is 1.35 bits per heavy atom. The molecule has 104 valence electrons. The Morgan fingerprint density at radius 1 is 0.941 bits per heavy atom. The number of halogens is 1. The highest BCUT2D eigenvalue weighted by atomic mass is 35.5. The van der Waals surface area contributed by atoms with E-state index >= 15 is 0 Å². The van der Waals surface area contributed by atoms with Gasteiger partial charge in [0.15, 0.2) is 0 Å². The molecule has 0 atom stereocenters. The predicted molar refractivity (Wildman–Crippen MR) is 72.2 cm³/mol. The summed E-state index contributed by atoms with van der Waals surface area (Å²) in [5.74, 6) is 1.32. The van der Waals surface area contributed by atoms with Crippen molar-refractivity contribution in [2.24, 2.45) is 0 Å². The smallest absolute Gasteiger partial charge is 0.349 e. The van der Waals surface area contributed by atoms with Gasteiger partial charge in [0.25, 0.3) is 0 Å². The van der Waals surface area contributed by atoms with Crippen molar-refractivity contribution in [3.8, 4) is 0 Å². The van der Waals surface area contributed by atoms with Crippen LogP contribution in [0.1, 0.15) is 39.5 Å². The van der Waals surface area contributed by atoms with E-state index < -0.39 is 0 Å². The van der Waals surface area contributed by atoms with Crippen LogP contribution in [-0.2, 0) is 0 Å². The number of nitrogens with zero attached hydrogens (tertiary/aromatic N) is 3. The molecule has 0 N–H and O–H groups in total. The summed E-state index contributed by atoms with van der Waals surface area (Å²) < 4.78 is 2.21. The molecular formula is C13H30ClN3. The molecular weight excluding hydrogens is 234 g/mol. The molecule has 0 aliphatic carbocycles. The van der Waals surface area contributed by atoms with Crippen LogP contribution < -0.4 is 12.4 Å². The van der Waals surface area contributed by atoms with Crippen LogP contribution in [0, 0.1) is 0 Å². The van der Waals surface area contributed by atoms with Crippen LogP contribution in [-0.4, -0.2) is 61.6 Å². The van der Waals surface area contributed by atoms with Crippen LogP contribution in [0.15, 0.2) is 0 Å². The van der Waals surface area contributed by atoms with Gasteiger partial charge in [-0.15, -0.1) is 0 Å². The van der Waals surface area contributed by atoms with Crippen molar-refractivity contribution in [1.29, 1.82) is 0 Å². The first-order valence-corrected chi connectivity index (χ1v) is 6.51. The van der Waals surface area contributed by atoms with Crippen molar-refractivity contribution < 1.29 is 17.0 Å². The van der Waals surface area contributed by atoms with Crippen LogP contribution in [0.3, 0.4) is 0 Å². The lowest BCUT2D eigenvalue weighted by molar-refractivity contribution is -0.476. The molecule has 0 aromatic heterocycles.